The third-order valence-corrected chi connectivity index (χ3v) is 4.02. The molecule has 0 amide bonds. The maximum atomic E-state index is 12.3. The Labute approximate surface area is 125 Å². The van der Waals surface area contributed by atoms with E-state index in [-0.39, 0.29) is 6.04 Å². The molecule has 1 N–H and O–H groups in total. The third kappa shape index (κ3) is 4.72. The van der Waals surface area contributed by atoms with Crippen molar-refractivity contribution in [1.82, 2.24) is 4.90 Å². The summed E-state index contributed by atoms with van der Waals surface area (Å²) in [5.41, 5.74) is 0.841. The molecule has 0 unspecified atom stereocenters. The van der Waals surface area contributed by atoms with Crippen LogP contribution in [-0.4, -0.2) is 36.8 Å². The Balaban J connectivity index is 1.83. The molecule has 0 radical (unpaired) electrons. The van der Waals surface area contributed by atoms with Gasteiger partial charge < -0.3 is 5.32 Å². The predicted molar refractivity (Wildman–Crippen MR) is 75.6 cm³/mol. The summed E-state index contributed by atoms with van der Waals surface area (Å²) in [5.74, 6) is 0. The highest BCUT2D eigenvalue weighted by Gasteiger charge is 2.32. The van der Waals surface area contributed by atoms with Crippen LogP contribution in [0.15, 0.2) is 18.2 Å². The lowest BCUT2D eigenvalue weighted by atomic mass is 10.0. The van der Waals surface area contributed by atoms with Crippen molar-refractivity contribution < 1.29 is 13.2 Å². The van der Waals surface area contributed by atoms with Crippen molar-refractivity contribution >= 4 is 28.9 Å². The molecular weight excluding hydrogens is 312 g/mol. The van der Waals surface area contributed by atoms with Gasteiger partial charge in [-0.2, -0.15) is 13.2 Å². The molecule has 20 heavy (non-hydrogen) atoms. The van der Waals surface area contributed by atoms with Crippen molar-refractivity contribution in [3.63, 3.8) is 0 Å². The van der Waals surface area contributed by atoms with Gasteiger partial charge in [0.1, 0.15) is 0 Å². The molecule has 0 atom stereocenters. The van der Waals surface area contributed by atoms with Crippen molar-refractivity contribution in [1.29, 1.82) is 0 Å². The van der Waals surface area contributed by atoms with Crippen LogP contribution >= 0.6 is 23.2 Å². The van der Waals surface area contributed by atoms with E-state index in [1.807, 2.05) is 6.07 Å². The highest BCUT2D eigenvalue weighted by molar-refractivity contribution is 6.42. The van der Waals surface area contributed by atoms with E-state index in [1.165, 1.54) is 4.90 Å². The quantitative estimate of drug-likeness (QED) is 0.883. The van der Waals surface area contributed by atoms with Gasteiger partial charge in [0.25, 0.3) is 0 Å². The number of rotatable bonds is 3. The maximum Gasteiger partial charge on any atom is 0.401 e. The van der Waals surface area contributed by atoms with Gasteiger partial charge in [-0.1, -0.05) is 23.2 Å². The molecule has 1 heterocycles. The Hall–Kier alpha value is -0.650. The molecule has 0 saturated carbocycles. The summed E-state index contributed by atoms with van der Waals surface area (Å²) in [6.45, 7) is 0.0590. The van der Waals surface area contributed by atoms with Gasteiger partial charge in [0.2, 0.25) is 0 Å². The Morgan fingerprint density at radius 3 is 2.35 bits per heavy atom. The normalized spacial score (nSPS) is 18.2. The number of piperidine rings is 1. The number of alkyl halides is 3. The van der Waals surface area contributed by atoms with Crippen molar-refractivity contribution in [2.75, 3.05) is 25.0 Å². The van der Waals surface area contributed by atoms with E-state index in [0.29, 0.717) is 36.0 Å². The molecule has 2 nitrogen and oxygen atoms in total. The number of hydrogen-bond donors (Lipinski definition) is 1. The summed E-state index contributed by atoms with van der Waals surface area (Å²) in [5, 5.41) is 4.23. The monoisotopic (exact) mass is 326 g/mol. The summed E-state index contributed by atoms with van der Waals surface area (Å²) in [4.78, 5) is 1.44. The van der Waals surface area contributed by atoms with Gasteiger partial charge in [-0.05, 0) is 31.0 Å². The molecule has 2 rings (SSSR count). The number of benzene rings is 1. The topological polar surface area (TPSA) is 15.3 Å². The zero-order chi connectivity index (χ0) is 14.8. The van der Waals surface area contributed by atoms with E-state index >= 15 is 0 Å². The molecule has 1 aliphatic rings. The minimum atomic E-state index is -4.12. The smallest absolute Gasteiger partial charge is 0.382 e. The Morgan fingerprint density at radius 2 is 1.80 bits per heavy atom. The van der Waals surface area contributed by atoms with E-state index in [0.717, 1.165) is 5.69 Å². The fourth-order valence-electron chi connectivity index (χ4n) is 2.31. The lowest BCUT2D eigenvalue weighted by Gasteiger charge is -2.33. The zero-order valence-corrected chi connectivity index (χ0v) is 12.2. The number of halogens is 5. The van der Waals surface area contributed by atoms with Crippen LogP contribution in [0.3, 0.4) is 0 Å². The first-order valence-electron chi connectivity index (χ1n) is 6.34. The van der Waals surface area contributed by atoms with E-state index in [1.54, 1.807) is 12.1 Å². The molecular formula is C13H15Cl2F3N2. The molecule has 7 heteroatoms. The van der Waals surface area contributed by atoms with Crippen LogP contribution < -0.4 is 5.32 Å². The van der Waals surface area contributed by atoms with Crippen molar-refractivity contribution in [2.45, 2.75) is 25.1 Å². The summed E-state index contributed by atoms with van der Waals surface area (Å²) in [6.07, 6.45) is -2.77. The molecule has 1 aliphatic heterocycles. The first-order valence-corrected chi connectivity index (χ1v) is 7.10. The average molecular weight is 327 g/mol. The maximum absolute atomic E-state index is 12.3. The largest absolute Gasteiger partial charge is 0.401 e. The number of hydrogen-bond acceptors (Lipinski definition) is 2. The SMILES string of the molecule is FC(F)(F)CN1CCC(Nc2ccc(Cl)c(Cl)c2)CC1. The molecule has 0 aromatic heterocycles. The van der Waals surface area contributed by atoms with E-state index < -0.39 is 12.7 Å². The second-order valence-electron chi connectivity index (χ2n) is 4.94. The third-order valence-electron chi connectivity index (χ3n) is 3.28. The van der Waals surface area contributed by atoms with Crippen LogP contribution in [0.4, 0.5) is 18.9 Å². The fraction of sp³-hybridized carbons (Fsp3) is 0.538. The number of likely N-dealkylation sites (tertiary alicyclic amines) is 1. The van der Waals surface area contributed by atoms with Crippen molar-refractivity contribution in [3.05, 3.63) is 28.2 Å². The molecule has 1 aromatic carbocycles. The molecule has 112 valence electrons. The van der Waals surface area contributed by atoms with Gasteiger partial charge in [0.05, 0.1) is 16.6 Å². The highest BCUT2D eigenvalue weighted by Crippen LogP contribution is 2.27. The number of nitrogens with zero attached hydrogens (tertiary/aromatic N) is 1. The summed E-state index contributed by atoms with van der Waals surface area (Å²) in [7, 11) is 0. The number of nitrogens with one attached hydrogen (secondary N) is 1. The lowest BCUT2D eigenvalue weighted by Crippen LogP contribution is -2.43. The van der Waals surface area contributed by atoms with Crippen LogP contribution in [0.5, 0.6) is 0 Å². The van der Waals surface area contributed by atoms with Gasteiger partial charge in [0, 0.05) is 24.8 Å². The molecule has 1 aromatic rings. The molecule has 0 spiro atoms. The molecule has 1 saturated heterocycles. The molecule has 0 aliphatic carbocycles. The van der Waals surface area contributed by atoms with Crippen LogP contribution in [0.1, 0.15) is 12.8 Å². The summed E-state index contributed by atoms with van der Waals surface area (Å²) in [6, 6.07) is 5.41. The molecule has 0 bridgehead atoms. The van der Waals surface area contributed by atoms with Gasteiger partial charge in [-0.25, -0.2) is 0 Å². The standard InChI is InChI=1S/C13H15Cl2F3N2/c14-11-2-1-10(7-12(11)15)19-9-3-5-20(6-4-9)8-13(16,17)18/h1-2,7,9,19H,3-6,8H2. The highest BCUT2D eigenvalue weighted by atomic mass is 35.5. The van der Waals surface area contributed by atoms with Gasteiger partial charge >= 0.3 is 6.18 Å². The minimum Gasteiger partial charge on any atom is -0.382 e. The average Bonchev–Trinajstić information content (AvgIpc) is 2.35. The van der Waals surface area contributed by atoms with E-state index in [4.69, 9.17) is 23.2 Å². The van der Waals surface area contributed by atoms with E-state index in [2.05, 4.69) is 5.32 Å². The molecule has 1 fully saturated rings. The first-order chi connectivity index (χ1) is 9.33. The van der Waals surface area contributed by atoms with Crippen molar-refractivity contribution in [3.8, 4) is 0 Å². The van der Waals surface area contributed by atoms with Crippen LogP contribution in [0, 0.1) is 0 Å². The Bertz CT molecular complexity index is 457. The first kappa shape index (κ1) is 15.7. The number of anilines is 1. The van der Waals surface area contributed by atoms with Gasteiger partial charge in [-0.15, -0.1) is 0 Å². The van der Waals surface area contributed by atoms with Crippen LogP contribution in [-0.2, 0) is 0 Å². The summed E-state index contributed by atoms with van der Waals surface area (Å²) >= 11 is 11.8. The van der Waals surface area contributed by atoms with Gasteiger partial charge in [0.15, 0.2) is 0 Å². The van der Waals surface area contributed by atoms with Crippen LogP contribution in [0.25, 0.3) is 0 Å². The second kappa shape index (κ2) is 6.41. The summed E-state index contributed by atoms with van der Waals surface area (Å²) < 4.78 is 36.8. The van der Waals surface area contributed by atoms with Crippen LogP contribution in [0.2, 0.25) is 10.0 Å². The fourth-order valence-corrected chi connectivity index (χ4v) is 2.61. The minimum absolute atomic E-state index is 0.164. The Kier molecular flexibility index (Phi) is 5.04. The second-order valence-corrected chi connectivity index (χ2v) is 5.75. The Morgan fingerprint density at radius 1 is 1.15 bits per heavy atom. The predicted octanol–water partition coefficient (Wildman–Crippen LogP) is 4.43. The van der Waals surface area contributed by atoms with Crippen molar-refractivity contribution in [2.24, 2.45) is 0 Å². The lowest BCUT2D eigenvalue weighted by molar-refractivity contribution is -0.147. The van der Waals surface area contributed by atoms with E-state index in [9.17, 15) is 13.2 Å². The van der Waals surface area contributed by atoms with Gasteiger partial charge in [-0.3, -0.25) is 4.90 Å². The zero-order valence-electron chi connectivity index (χ0n) is 10.7.